The lowest BCUT2D eigenvalue weighted by Crippen LogP contribution is -2.17. The van der Waals surface area contributed by atoms with Crippen LogP contribution in [0.1, 0.15) is 32.6 Å². The normalized spacial score (nSPS) is 21.9. The zero-order valence-electron chi connectivity index (χ0n) is 6.84. The largest absolute Gasteiger partial charge is 0.299 e. The van der Waals surface area contributed by atoms with E-state index in [1.165, 1.54) is 19.8 Å². The molecule has 1 aliphatic rings. The van der Waals surface area contributed by atoms with E-state index < -0.39 is 10.8 Å². The Hall–Kier alpha value is -0.180. The van der Waals surface area contributed by atoms with Crippen molar-refractivity contribution in [2.45, 2.75) is 37.9 Å². The third-order valence-electron chi connectivity index (χ3n) is 2.02. The summed E-state index contributed by atoms with van der Waals surface area (Å²) in [6, 6.07) is 0. The fourth-order valence-corrected chi connectivity index (χ4v) is 2.96. The first-order valence-electron chi connectivity index (χ1n) is 4.07. The minimum atomic E-state index is -0.875. The van der Waals surface area contributed by atoms with Crippen LogP contribution in [0.15, 0.2) is 0 Å². The Labute approximate surface area is 69.8 Å². The van der Waals surface area contributed by atoms with E-state index in [-0.39, 0.29) is 11.5 Å². The van der Waals surface area contributed by atoms with Gasteiger partial charge in [0.1, 0.15) is 5.78 Å². The lowest BCUT2D eigenvalue weighted by molar-refractivity contribution is -0.114. The van der Waals surface area contributed by atoms with E-state index in [0.717, 1.165) is 12.8 Å². The standard InChI is InChI=1S/C8H14O2S/c1-7(9)6-11(10)8-4-2-3-5-8/h8H,2-6H2,1H3. The lowest BCUT2D eigenvalue weighted by atomic mass is 10.4. The molecule has 3 heteroatoms. The highest BCUT2D eigenvalue weighted by Gasteiger charge is 2.21. The van der Waals surface area contributed by atoms with Crippen LogP contribution in [0.25, 0.3) is 0 Å². The van der Waals surface area contributed by atoms with Crippen LogP contribution in [0.5, 0.6) is 0 Å². The van der Waals surface area contributed by atoms with Crippen molar-refractivity contribution < 1.29 is 9.00 Å². The highest BCUT2D eigenvalue weighted by atomic mass is 32.2. The van der Waals surface area contributed by atoms with Gasteiger partial charge in [-0.25, -0.2) is 0 Å². The summed E-state index contributed by atoms with van der Waals surface area (Å²) >= 11 is 0. The summed E-state index contributed by atoms with van der Waals surface area (Å²) in [5.74, 6) is 0.320. The van der Waals surface area contributed by atoms with Crippen molar-refractivity contribution in [3.8, 4) is 0 Å². The number of hydrogen-bond acceptors (Lipinski definition) is 2. The molecular weight excluding hydrogens is 160 g/mol. The van der Waals surface area contributed by atoms with Gasteiger partial charge in [-0.3, -0.25) is 9.00 Å². The topological polar surface area (TPSA) is 34.1 Å². The van der Waals surface area contributed by atoms with E-state index in [9.17, 15) is 9.00 Å². The van der Waals surface area contributed by atoms with E-state index >= 15 is 0 Å². The maximum absolute atomic E-state index is 11.3. The first-order chi connectivity index (χ1) is 5.20. The average Bonchev–Trinajstić information content (AvgIpc) is 2.35. The maximum atomic E-state index is 11.3. The predicted octanol–water partition coefficient (Wildman–Crippen LogP) is 1.27. The molecule has 0 saturated heterocycles. The van der Waals surface area contributed by atoms with Crippen LogP contribution in [-0.2, 0) is 15.6 Å². The fraction of sp³-hybridized carbons (Fsp3) is 0.875. The Bertz CT molecular complexity index is 171. The predicted molar refractivity (Wildman–Crippen MR) is 45.9 cm³/mol. The van der Waals surface area contributed by atoms with Crippen molar-refractivity contribution in [3.05, 3.63) is 0 Å². The zero-order valence-corrected chi connectivity index (χ0v) is 7.65. The molecule has 64 valence electrons. The Morgan fingerprint density at radius 3 is 2.45 bits per heavy atom. The first kappa shape index (κ1) is 8.91. The molecule has 0 bridgehead atoms. The van der Waals surface area contributed by atoms with E-state index in [4.69, 9.17) is 0 Å². The van der Waals surface area contributed by atoms with Gasteiger partial charge in [0.25, 0.3) is 0 Å². The molecule has 0 spiro atoms. The summed E-state index contributed by atoms with van der Waals surface area (Å²) in [4.78, 5) is 10.6. The summed E-state index contributed by atoms with van der Waals surface area (Å²) in [6.07, 6.45) is 4.49. The van der Waals surface area contributed by atoms with Gasteiger partial charge in [0.15, 0.2) is 0 Å². The van der Waals surface area contributed by atoms with Crippen LogP contribution < -0.4 is 0 Å². The van der Waals surface area contributed by atoms with E-state index in [0.29, 0.717) is 5.25 Å². The number of hydrogen-bond donors (Lipinski definition) is 0. The van der Waals surface area contributed by atoms with Crippen LogP contribution in [0, 0.1) is 0 Å². The molecule has 1 saturated carbocycles. The number of Topliss-reactive ketones (excluding diaryl/α,β-unsaturated/α-hetero) is 1. The van der Waals surface area contributed by atoms with Gasteiger partial charge in [-0.2, -0.15) is 0 Å². The summed E-state index contributed by atoms with van der Waals surface area (Å²) in [7, 11) is -0.875. The molecule has 1 unspecified atom stereocenters. The van der Waals surface area contributed by atoms with Gasteiger partial charge >= 0.3 is 0 Å². The Morgan fingerprint density at radius 2 is 2.00 bits per heavy atom. The van der Waals surface area contributed by atoms with Gasteiger partial charge in [-0.1, -0.05) is 12.8 Å². The smallest absolute Gasteiger partial charge is 0.142 e. The second kappa shape index (κ2) is 4.00. The molecule has 0 amide bonds. The average molecular weight is 174 g/mol. The first-order valence-corrected chi connectivity index (χ1v) is 5.45. The Morgan fingerprint density at radius 1 is 1.45 bits per heavy atom. The third kappa shape index (κ3) is 2.73. The summed E-state index contributed by atoms with van der Waals surface area (Å²) in [6.45, 7) is 1.51. The molecule has 1 rings (SSSR count). The van der Waals surface area contributed by atoms with Crippen molar-refractivity contribution in [3.63, 3.8) is 0 Å². The lowest BCUT2D eigenvalue weighted by Gasteiger charge is -2.05. The number of rotatable bonds is 3. The molecule has 0 aromatic heterocycles. The molecule has 0 aromatic rings. The molecule has 11 heavy (non-hydrogen) atoms. The molecular formula is C8H14O2S. The summed E-state index contributed by atoms with van der Waals surface area (Å²) < 4.78 is 11.3. The van der Waals surface area contributed by atoms with Crippen molar-refractivity contribution >= 4 is 16.6 Å². The molecule has 0 heterocycles. The monoisotopic (exact) mass is 174 g/mol. The van der Waals surface area contributed by atoms with Crippen LogP contribution in [0.3, 0.4) is 0 Å². The van der Waals surface area contributed by atoms with Gasteiger partial charge < -0.3 is 0 Å². The SMILES string of the molecule is CC(=O)CS(=O)C1CCCC1. The van der Waals surface area contributed by atoms with Gasteiger partial charge in [0.2, 0.25) is 0 Å². The van der Waals surface area contributed by atoms with Crippen molar-refractivity contribution in [1.82, 2.24) is 0 Å². The number of carbonyl (C=O) groups excluding carboxylic acids is 1. The minimum Gasteiger partial charge on any atom is -0.299 e. The van der Waals surface area contributed by atoms with Gasteiger partial charge in [-0.15, -0.1) is 0 Å². The summed E-state index contributed by atoms with van der Waals surface area (Å²) in [5, 5.41) is 0.318. The van der Waals surface area contributed by atoms with Crippen molar-refractivity contribution in [2.24, 2.45) is 0 Å². The third-order valence-corrected chi connectivity index (χ3v) is 3.93. The molecule has 1 atom stereocenters. The summed E-state index contributed by atoms with van der Waals surface area (Å²) in [5.41, 5.74) is 0. The number of carbonyl (C=O) groups is 1. The Kier molecular flexibility index (Phi) is 3.24. The number of ketones is 1. The molecule has 0 N–H and O–H groups in total. The van der Waals surface area contributed by atoms with Gasteiger partial charge in [0.05, 0.1) is 5.75 Å². The molecule has 2 nitrogen and oxygen atoms in total. The molecule has 0 aromatic carbocycles. The van der Waals surface area contributed by atoms with Gasteiger partial charge in [0, 0.05) is 16.0 Å². The molecule has 0 radical (unpaired) electrons. The zero-order chi connectivity index (χ0) is 8.27. The molecule has 1 aliphatic carbocycles. The van der Waals surface area contributed by atoms with Crippen LogP contribution in [-0.4, -0.2) is 21.0 Å². The highest BCUT2D eigenvalue weighted by molar-refractivity contribution is 7.86. The minimum absolute atomic E-state index is 0.0511. The van der Waals surface area contributed by atoms with Crippen LogP contribution in [0.2, 0.25) is 0 Å². The Balaban J connectivity index is 2.34. The highest BCUT2D eigenvalue weighted by Crippen LogP contribution is 2.22. The van der Waals surface area contributed by atoms with Gasteiger partial charge in [-0.05, 0) is 19.8 Å². The van der Waals surface area contributed by atoms with Crippen LogP contribution in [0.4, 0.5) is 0 Å². The second-order valence-electron chi connectivity index (χ2n) is 3.13. The second-order valence-corrected chi connectivity index (χ2v) is 4.85. The van der Waals surface area contributed by atoms with Crippen LogP contribution >= 0.6 is 0 Å². The van der Waals surface area contributed by atoms with E-state index in [2.05, 4.69) is 0 Å². The maximum Gasteiger partial charge on any atom is 0.142 e. The fourth-order valence-electron chi connectivity index (χ4n) is 1.47. The van der Waals surface area contributed by atoms with Crippen molar-refractivity contribution in [2.75, 3.05) is 5.75 Å². The van der Waals surface area contributed by atoms with Crippen molar-refractivity contribution in [1.29, 1.82) is 0 Å². The van der Waals surface area contributed by atoms with E-state index in [1.54, 1.807) is 0 Å². The van der Waals surface area contributed by atoms with E-state index in [1.807, 2.05) is 0 Å². The quantitative estimate of drug-likeness (QED) is 0.645. The molecule has 1 fully saturated rings. The molecule has 0 aliphatic heterocycles.